The number of hydrogen-bond donors (Lipinski definition) is 7. The lowest BCUT2D eigenvalue weighted by atomic mass is 10.1. The van der Waals surface area contributed by atoms with Crippen LogP contribution in [0.1, 0.15) is 24.4 Å². The average molecular weight is 817 g/mol. The minimum atomic E-state index is -5.78. The van der Waals surface area contributed by atoms with E-state index in [9.17, 15) is 53.1 Å². The molecule has 27 nitrogen and oxygen atoms in total. The number of ether oxygens (including phenoxy) is 2. The Balaban J connectivity index is 1.13. The van der Waals surface area contributed by atoms with Gasteiger partial charge in [-0.15, -0.1) is 0 Å². The van der Waals surface area contributed by atoms with Crippen LogP contribution in [0.4, 0.5) is 5.82 Å². The number of phosphoric acid groups is 1. The lowest BCUT2D eigenvalue weighted by Gasteiger charge is -2.27. The van der Waals surface area contributed by atoms with Crippen molar-refractivity contribution in [2.45, 2.75) is 56.3 Å². The van der Waals surface area contributed by atoms with Crippen LogP contribution in [-0.2, 0) is 40.8 Å². The third kappa shape index (κ3) is 9.37. The number of aromatic nitrogens is 6. The molecule has 5 heterocycles. The van der Waals surface area contributed by atoms with Crippen molar-refractivity contribution >= 4 is 48.6 Å². The Morgan fingerprint density at radius 2 is 1.85 bits per heavy atom. The van der Waals surface area contributed by atoms with E-state index in [0.29, 0.717) is 0 Å². The van der Waals surface area contributed by atoms with Crippen LogP contribution < -0.4 is 21.9 Å². The van der Waals surface area contributed by atoms with Crippen LogP contribution in [0.25, 0.3) is 21.6 Å². The molecule has 0 aliphatic carbocycles. The molecule has 52 heavy (non-hydrogen) atoms. The molecular weight excluding hydrogens is 788 g/mol. The number of fused-ring (bicyclic) bond motifs is 1. The van der Waals surface area contributed by atoms with Crippen LogP contribution in [0.5, 0.6) is 0 Å². The number of rotatable bonds is 15. The number of aliphatic hydroxyl groups excluding tert-OH is 2. The Hall–Kier alpha value is -3.02. The fourth-order valence-electron chi connectivity index (χ4n) is 5.08. The van der Waals surface area contributed by atoms with Gasteiger partial charge in [-0.05, 0) is 12.5 Å². The number of aryl methyl sites for hydroxylation is 1. The molecule has 0 spiro atoms. The summed E-state index contributed by atoms with van der Waals surface area (Å²) >= 11 is 0. The maximum atomic E-state index is 12.6. The zero-order valence-electron chi connectivity index (χ0n) is 26.2. The number of imidazole rings is 1. The van der Waals surface area contributed by atoms with Crippen molar-refractivity contribution in [3.05, 3.63) is 55.7 Å². The fraction of sp³-hybridized carbons (Fsp3) is 0.571. The molecule has 0 amide bonds. The van der Waals surface area contributed by atoms with Crippen LogP contribution in [-0.4, -0.2) is 104 Å². The Kier molecular flexibility index (Phi) is 12.2. The van der Waals surface area contributed by atoms with Gasteiger partial charge in [-0.25, -0.2) is 28.6 Å². The third-order valence-electron chi connectivity index (χ3n) is 7.40. The molecule has 2 aliphatic heterocycles. The molecule has 8 N–H and O–H groups in total. The lowest BCUT2D eigenvalue weighted by Crippen LogP contribution is -2.33. The second kappa shape index (κ2) is 15.8. The Bertz CT molecular complexity index is 2110. The summed E-state index contributed by atoms with van der Waals surface area (Å²) < 4.78 is 68.8. The number of hydrogen-bond acceptors (Lipinski definition) is 19. The number of nitrogen functional groups attached to an aromatic ring is 1. The van der Waals surface area contributed by atoms with E-state index in [1.54, 1.807) is 0 Å². The van der Waals surface area contributed by atoms with Gasteiger partial charge in [0, 0.05) is 23.1 Å². The normalized spacial score (nSPS) is 28.9. The number of anilines is 1. The summed E-state index contributed by atoms with van der Waals surface area (Å²) in [6, 6.07) is -1.03. The minimum Gasteiger partial charge on any atom is -0.786 e. The molecule has 2 fully saturated rings. The first-order valence-electron chi connectivity index (χ1n) is 14.4. The van der Waals surface area contributed by atoms with Crippen molar-refractivity contribution in [2.75, 3.05) is 24.9 Å². The van der Waals surface area contributed by atoms with Crippen molar-refractivity contribution < 1.29 is 70.6 Å². The summed E-state index contributed by atoms with van der Waals surface area (Å²) in [6.45, 7) is -0.274. The molecule has 11 atom stereocenters. The number of nitrogens with two attached hydrogens (primary N) is 1. The first kappa shape index (κ1) is 40.2. The molecule has 0 saturated carbocycles. The predicted molar refractivity (Wildman–Crippen MR) is 169 cm³/mol. The standard InChI is InChI=1S/C21H29N10O17P4/c1-9-3-30(21(35)27-19(9)34)13-2-10(28-29-23)11(45-13)4-43-49(36)47-52(41,42)48-51(39,40)8-50(37,38)44-5-12-15(32)16(33)20(46-12)31-7-26-14-17(22)24-6-25-18(14)31/h3,6-7,10-13,15-16,20,32-33H,2,4-5,8H2,1H3,(H,37,38)(H,39,40)(H,41,42)(H2,22,24,25)(H,27,34,35)/q-1/t10-,11+,12+,13+,15+,16+,20+,49?/m0/s1. The topological polar surface area (TPSA) is 404 Å². The van der Waals surface area contributed by atoms with Gasteiger partial charge in [-0.2, -0.15) is 0 Å². The summed E-state index contributed by atoms with van der Waals surface area (Å²) in [4.78, 5) is 82.9. The van der Waals surface area contributed by atoms with Crippen LogP contribution in [0.3, 0.4) is 0 Å². The molecule has 0 aromatic carbocycles. The Morgan fingerprint density at radius 1 is 1.12 bits per heavy atom. The van der Waals surface area contributed by atoms with E-state index >= 15 is 0 Å². The van der Waals surface area contributed by atoms with Crippen molar-refractivity contribution in [1.82, 2.24) is 29.1 Å². The first-order chi connectivity index (χ1) is 24.3. The van der Waals surface area contributed by atoms with E-state index in [0.717, 1.165) is 10.9 Å². The zero-order valence-corrected chi connectivity index (χ0v) is 29.8. The molecule has 3 aromatic heterocycles. The van der Waals surface area contributed by atoms with E-state index in [1.807, 2.05) is 0 Å². The summed E-state index contributed by atoms with van der Waals surface area (Å²) in [5.74, 6) is -1.80. The highest BCUT2D eigenvalue weighted by Crippen LogP contribution is 2.68. The lowest BCUT2D eigenvalue weighted by molar-refractivity contribution is -0.200. The van der Waals surface area contributed by atoms with Gasteiger partial charge in [0.1, 0.15) is 36.4 Å². The van der Waals surface area contributed by atoms with Crippen molar-refractivity contribution in [2.24, 2.45) is 5.11 Å². The Morgan fingerprint density at radius 3 is 2.56 bits per heavy atom. The van der Waals surface area contributed by atoms with Crippen LogP contribution >= 0.6 is 31.6 Å². The number of aromatic amines is 1. The first-order valence-corrected chi connectivity index (χ1v) is 20.5. The fourth-order valence-corrected chi connectivity index (χ4v) is 11.1. The van der Waals surface area contributed by atoms with Crippen molar-refractivity contribution in [1.29, 1.82) is 0 Å². The zero-order chi connectivity index (χ0) is 38.2. The van der Waals surface area contributed by atoms with Gasteiger partial charge in [0.05, 0.1) is 40.3 Å². The van der Waals surface area contributed by atoms with Crippen LogP contribution in [0, 0.1) is 6.92 Å². The second-order valence-corrected chi connectivity index (χ2v) is 18.0. The molecule has 2 aliphatic rings. The molecule has 286 valence electrons. The molecular formula is C21H29N10O17P4-. The van der Waals surface area contributed by atoms with Crippen molar-refractivity contribution in [3.63, 3.8) is 0 Å². The van der Waals surface area contributed by atoms with Gasteiger partial charge in [0.15, 0.2) is 23.6 Å². The van der Waals surface area contributed by atoms with Gasteiger partial charge < -0.3 is 54.0 Å². The number of nitrogens with one attached hydrogen (secondary N) is 1. The minimum absolute atomic E-state index is 0.0121. The van der Waals surface area contributed by atoms with Gasteiger partial charge in [-0.1, -0.05) is 5.11 Å². The molecule has 0 bridgehead atoms. The average Bonchev–Trinajstić information content (AvgIpc) is 3.72. The maximum Gasteiger partial charge on any atom is 0.483 e. The SMILES string of the molecule is Cc1cn([C@H]2C[C@H](N=[N+]=[N-])[C@@H](COP([O-])OP(=O)(O)OP(=O)(O)CP(=O)(O)OC[C@H]3O[C@@H](n4cnc5c(N)ncnc54)[C@H](O)[C@@H]3O)O2)c(=O)[nH]c1=O. The van der Waals surface area contributed by atoms with Gasteiger partial charge in [0.25, 0.3) is 5.56 Å². The van der Waals surface area contributed by atoms with Gasteiger partial charge in [0.2, 0.25) is 0 Å². The highest BCUT2D eigenvalue weighted by Gasteiger charge is 2.47. The van der Waals surface area contributed by atoms with Crippen LogP contribution in [0.2, 0.25) is 0 Å². The Labute approximate surface area is 290 Å². The van der Waals surface area contributed by atoms with E-state index in [4.69, 9.17) is 29.8 Å². The van der Waals surface area contributed by atoms with Gasteiger partial charge >= 0.3 is 28.7 Å². The molecule has 3 aromatic rings. The largest absolute Gasteiger partial charge is 0.786 e. The smallest absolute Gasteiger partial charge is 0.483 e. The van der Waals surface area contributed by atoms with E-state index in [1.165, 1.54) is 24.0 Å². The summed E-state index contributed by atoms with van der Waals surface area (Å²) in [6.07, 6.45) is -5.13. The predicted octanol–water partition coefficient (Wildman–Crippen LogP) is -1.06. The monoisotopic (exact) mass is 817 g/mol. The highest BCUT2D eigenvalue weighted by molar-refractivity contribution is 7.75. The maximum absolute atomic E-state index is 12.6. The second-order valence-electron chi connectivity index (χ2n) is 11.1. The van der Waals surface area contributed by atoms with Crippen molar-refractivity contribution in [3.8, 4) is 0 Å². The molecule has 2 saturated heterocycles. The van der Waals surface area contributed by atoms with Gasteiger partial charge in [-0.3, -0.25) is 32.4 Å². The number of aliphatic hydroxyl groups is 2. The number of H-pyrrole nitrogens is 1. The molecule has 5 rings (SSSR count). The molecule has 0 radical (unpaired) electrons. The number of nitrogens with zero attached hydrogens (tertiary/aromatic N) is 8. The molecule has 31 heteroatoms. The summed E-state index contributed by atoms with van der Waals surface area (Å²) in [7, 11) is -20.2. The third-order valence-corrected chi connectivity index (χ3v) is 14.4. The number of azide groups is 1. The summed E-state index contributed by atoms with van der Waals surface area (Å²) in [5, 5.41) is 24.5. The quantitative estimate of drug-likeness (QED) is 0.0415. The van der Waals surface area contributed by atoms with Crippen LogP contribution in [0.15, 0.2) is 33.6 Å². The summed E-state index contributed by atoms with van der Waals surface area (Å²) in [5.41, 5.74) is 13.6. The molecule has 4 unspecified atom stereocenters. The highest BCUT2D eigenvalue weighted by atomic mass is 31.3. The van der Waals surface area contributed by atoms with E-state index in [-0.39, 0.29) is 29.0 Å². The van der Waals surface area contributed by atoms with E-state index in [2.05, 4.69) is 38.6 Å². The van der Waals surface area contributed by atoms with E-state index < -0.39 is 105 Å².